The van der Waals surface area contributed by atoms with Gasteiger partial charge in [-0.15, -0.1) is 0 Å². The lowest BCUT2D eigenvalue weighted by atomic mass is 9.99. The number of nitriles is 1. The third-order valence-electron chi connectivity index (χ3n) is 2.45. The summed E-state index contributed by atoms with van der Waals surface area (Å²) in [4.78, 5) is 1.18. The Kier molecular flexibility index (Phi) is 6.50. The van der Waals surface area contributed by atoms with Gasteiger partial charge in [0.05, 0.1) is 12.6 Å². The summed E-state index contributed by atoms with van der Waals surface area (Å²) in [5.41, 5.74) is -0.754. The SMILES string of the molecule is CCCNC(C)(C#N)CCN(C)CC(F)(F)F. The van der Waals surface area contributed by atoms with Crippen LogP contribution in [0.2, 0.25) is 0 Å². The molecule has 0 aliphatic carbocycles. The van der Waals surface area contributed by atoms with Crippen LogP contribution >= 0.6 is 0 Å². The molecule has 1 N–H and O–H groups in total. The third kappa shape index (κ3) is 8.00. The molecular weight excluding hydrogens is 231 g/mol. The topological polar surface area (TPSA) is 39.1 Å². The largest absolute Gasteiger partial charge is 0.401 e. The van der Waals surface area contributed by atoms with E-state index in [2.05, 4.69) is 11.4 Å². The number of nitrogens with zero attached hydrogens (tertiary/aromatic N) is 2. The molecule has 0 rings (SSSR count). The molecule has 0 spiro atoms. The third-order valence-corrected chi connectivity index (χ3v) is 2.45. The molecule has 0 amide bonds. The molecule has 1 atom stereocenters. The lowest BCUT2D eigenvalue weighted by molar-refractivity contribution is -0.143. The smallest absolute Gasteiger partial charge is 0.300 e. The minimum absolute atomic E-state index is 0.236. The summed E-state index contributed by atoms with van der Waals surface area (Å²) in [5.74, 6) is 0. The number of halogens is 3. The first kappa shape index (κ1) is 16.2. The van der Waals surface area contributed by atoms with Gasteiger partial charge in [0.2, 0.25) is 0 Å². The maximum absolute atomic E-state index is 12.1. The van der Waals surface area contributed by atoms with Crippen LogP contribution in [0, 0.1) is 11.3 Å². The maximum Gasteiger partial charge on any atom is 0.401 e. The van der Waals surface area contributed by atoms with Gasteiger partial charge in [0.25, 0.3) is 0 Å². The van der Waals surface area contributed by atoms with Gasteiger partial charge in [0.15, 0.2) is 0 Å². The van der Waals surface area contributed by atoms with E-state index in [0.717, 1.165) is 6.42 Å². The minimum Gasteiger partial charge on any atom is -0.300 e. The summed E-state index contributed by atoms with van der Waals surface area (Å²) >= 11 is 0. The average molecular weight is 251 g/mol. The summed E-state index contributed by atoms with van der Waals surface area (Å²) in [5, 5.41) is 12.0. The van der Waals surface area contributed by atoms with Crippen molar-refractivity contribution in [1.82, 2.24) is 10.2 Å². The number of nitrogens with one attached hydrogen (secondary N) is 1. The fraction of sp³-hybridized carbons (Fsp3) is 0.909. The summed E-state index contributed by atoms with van der Waals surface area (Å²) in [6, 6.07) is 2.11. The van der Waals surface area contributed by atoms with E-state index >= 15 is 0 Å². The highest BCUT2D eigenvalue weighted by Gasteiger charge is 2.30. The first-order valence-electron chi connectivity index (χ1n) is 5.64. The van der Waals surface area contributed by atoms with E-state index in [1.807, 2.05) is 6.92 Å². The van der Waals surface area contributed by atoms with E-state index in [9.17, 15) is 13.2 Å². The van der Waals surface area contributed by atoms with Gasteiger partial charge in [-0.25, -0.2) is 0 Å². The van der Waals surface area contributed by atoms with Gasteiger partial charge in [-0.2, -0.15) is 18.4 Å². The van der Waals surface area contributed by atoms with Crippen LogP contribution in [0.5, 0.6) is 0 Å². The van der Waals surface area contributed by atoms with Crippen molar-refractivity contribution in [2.24, 2.45) is 0 Å². The molecule has 0 bridgehead atoms. The highest BCUT2D eigenvalue weighted by molar-refractivity contribution is 5.03. The van der Waals surface area contributed by atoms with Crippen LogP contribution in [0.15, 0.2) is 0 Å². The van der Waals surface area contributed by atoms with Crippen LogP contribution < -0.4 is 5.32 Å². The van der Waals surface area contributed by atoms with E-state index < -0.39 is 18.3 Å². The van der Waals surface area contributed by atoms with E-state index in [4.69, 9.17) is 5.26 Å². The molecule has 100 valence electrons. The standard InChI is InChI=1S/C11H20F3N3/c1-4-6-16-10(2,8-15)5-7-17(3)9-11(12,13)14/h16H,4-7,9H2,1-3H3. The Morgan fingerprint density at radius 1 is 1.35 bits per heavy atom. The van der Waals surface area contributed by atoms with Crippen LogP contribution in [-0.2, 0) is 0 Å². The van der Waals surface area contributed by atoms with Crippen LogP contribution in [0.4, 0.5) is 13.2 Å². The zero-order chi connectivity index (χ0) is 13.5. The molecule has 17 heavy (non-hydrogen) atoms. The molecule has 0 fully saturated rings. The number of hydrogen-bond donors (Lipinski definition) is 1. The van der Waals surface area contributed by atoms with E-state index in [-0.39, 0.29) is 6.54 Å². The molecule has 0 aromatic carbocycles. The Morgan fingerprint density at radius 3 is 2.35 bits per heavy atom. The fourth-order valence-corrected chi connectivity index (χ4v) is 1.38. The molecule has 0 aromatic heterocycles. The zero-order valence-electron chi connectivity index (χ0n) is 10.6. The summed E-state index contributed by atoms with van der Waals surface area (Å²) in [6.07, 6.45) is -2.93. The summed E-state index contributed by atoms with van der Waals surface area (Å²) in [7, 11) is 1.41. The fourth-order valence-electron chi connectivity index (χ4n) is 1.38. The Morgan fingerprint density at radius 2 is 1.94 bits per heavy atom. The van der Waals surface area contributed by atoms with Crippen LogP contribution in [0.3, 0.4) is 0 Å². The molecule has 6 heteroatoms. The molecule has 0 aromatic rings. The zero-order valence-corrected chi connectivity index (χ0v) is 10.6. The van der Waals surface area contributed by atoms with E-state index in [1.54, 1.807) is 6.92 Å². The molecular formula is C11H20F3N3. The molecule has 1 unspecified atom stereocenters. The first-order chi connectivity index (χ1) is 7.72. The molecule has 0 heterocycles. The molecule has 0 aliphatic rings. The second kappa shape index (κ2) is 6.82. The summed E-state index contributed by atoms with van der Waals surface area (Å²) in [6.45, 7) is 3.67. The molecule has 0 saturated carbocycles. The molecule has 0 radical (unpaired) electrons. The van der Waals surface area contributed by atoms with Gasteiger partial charge in [-0.3, -0.25) is 10.2 Å². The van der Waals surface area contributed by atoms with Crippen molar-refractivity contribution >= 4 is 0 Å². The van der Waals surface area contributed by atoms with Gasteiger partial charge in [0.1, 0.15) is 5.54 Å². The van der Waals surface area contributed by atoms with E-state index in [0.29, 0.717) is 13.0 Å². The Bertz CT molecular complexity index is 260. The average Bonchev–Trinajstić information content (AvgIpc) is 2.21. The number of rotatable bonds is 7. The first-order valence-corrected chi connectivity index (χ1v) is 5.64. The summed E-state index contributed by atoms with van der Waals surface area (Å²) < 4.78 is 36.3. The van der Waals surface area contributed by atoms with Gasteiger partial charge < -0.3 is 0 Å². The molecule has 0 aliphatic heterocycles. The van der Waals surface area contributed by atoms with Crippen molar-refractivity contribution in [3.63, 3.8) is 0 Å². The van der Waals surface area contributed by atoms with Crippen molar-refractivity contribution < 1.29 is 13.2 Å². The quantitative estimate of drug-likeness (QED) is 0.753. The molecule has 3 nitrogen and oxygen atoms in total. The van der Waals surface area contributed by atoms with Crippen molar-refractivity contribution in [3.05, 3.63) is 0 Å². The van der Waals surface area contributed by atoms with Crippen LogP contribution in [0.1, 0.15) is 26.7 Å². The van der Waals surface area contributed by atoms with Crippen LogP contribution in [-0.4, -0.2) is 43.3 Å². The molecule has 0 saturated heterocycles. The van der Waals surface area contributed by atoms with Crippen LogP contribution in [0.25, 0.3) is 0 Å². The second-order valence-electron chi connectivity index (χ2n) is 4.47. The maximum atomic E-state index is 12.1. The lowest BCUT2D eigenvalue weighted by Gasteiger charge is -2.26. The Labute approximate surface area is 101 Å². The number of alkyl halides is 3. The van der Waals surface area contributed by atoms with Crippen molar-refractivity contribution in [2.45, 2.75) is 38.4 Å². The predicted octanol–water partition coefficient (Wildman–Crippen LogP) is 2.15. The van der Waals surface area contributed by atoms with Crippen molar-refractivity contribution in [2.75, 3.05) is 26.7 Å². The lowest BCUT2D eigenvalue weighted by Crippen LogP contribution is -2.44. The van der Waals surface area contributed by atoms with E-state index in [1.165, 1.54) is 11.9 Å². The van der Waals surface area contributed by atoms with Gasteiger partial charge in [-0.05, 0) is 33.4 Å². The minimum atomic E-state index is -4.19. The van der Waals surface area contributed by atoms with Gasteiger partial charge >= 0.3 is 6.18 Å². The van der Waals surface area contributed by atoms with Gasteiger partial charge in [-0.1, -0.05) is 6.92 Å². The predicted molar refractivity (Wildman–Crippen MR) is 60.5 cm³/mol. The normalized spacial score (nSPS) is 15.6. The van der Waals surface area contributed by atoms with Crippen molar-refractivity contribution in [1.29, 1.82) is 5.26 Å². The Hall–Kier alpha value is -0.800. The monoisotopic (exact) mass is 251 g/mol. The van der Waals surface area contributed by atoms with Gasteiger partial charge in [0, 0.05) is 6.54 Å². The highest BCUT2D eigenvalue weighted by atomic mass is 19.4. The second-order valence-corrected chi connectivity index (χ2v) is 4.47. The number of hydrogen-bond acceptors (Lipinski definition) is 3. The van der Waals surface area contributed by atoms with Crippen molar-refractivity contribution in [3.8, 4) is 6.07 Å². The highest BCUT2D eigenvalue weighted by Crippen LogP contribution is 2.17. The Balaban J connectivity index is 4.11.